The Labute approximate surface area is 180 Å². The highest BCUT2D eigenvalue weighted by Crippen LogP contribution is 2.34. The molecule has 0 amide bonds. The van der Waals surface area contributed by atoms with Crippen LogP contribution in [0.15, 0.2) is 24.5 Å². The molecule has 2 aliphatic rings. The number of piperidine rings is 1. The lowest BCUT2D eigenvalue weighted by Gasteiger charge is -2.31. The topological polar surface area (TPSA) is 66.0 Å². The van der Waals surface area contributed by atoms with E-state index in [-0.39, 0.29) is 5.82 Å². The zero-order valence-electron chi connectivity index (χ0n) is 17.8. The molecule has 0 aromatic carbocycles. The highest BCUT2D eigenvalue weighted by atomic mass is 19.4. The predicted molar refractivity (Wildman–Crippen MR) is 115 cm³/mol. The minimum absolute atomic E-state index is 0.281. The average molecular weight is 435 g/mol. The number of anilines is 3. The molecular weight excluding hydrogens is 405 g/mol. The van der Waals surface area contributed by atoms with Gasteiger partial charge in [0.2, 0.25) is 5.95 Å². The van der Waals surface area contributed by atoms with E-state index in [2.05, 4.69) is 32.5 Å². The van der Waals surface area contributed by atoms with Gasteiger partial charge >= 0.3 is 6.18 Å². The van der Waals surface area contributed by atoms with Gasteiger partial charge in [0, 0.05) is 24.0 Å². The Morgan fingerprint density at radius 1 is 0.968 bits per heavy atom. The summed E-state index contributed by atoms with van der Waals surface area (Å²) in [5.41, 5.74) is 0.348. The number of likely N-dealkylation sites (tertiary alicyclic amines) is 1. The second kappa shape index (κ2) is 9.38. The summed E-state index contributed by atoms with van der Waals surface area (Å²) in [6, 6.07) is 2.69. The molecule has 9 heteroatoms. The third-order valence-electron chi connectivity index (χ3n) is 6.25. The van der Waals surface area contributed by atoms with Gasteiger partial charge in [0.1, 0.15) is 11.6 Å². The Morgan fingerprint density at radius 2 is 1.71 bits per heavy atom. The monoisotopic (exact) mass is 434 g/mol. The molecule has 31 heavy (non-hydrogen) atoms. The summed E-state index contributed by atoms with van der Waals surface area (Å²) in [7, 11) is 2.14. The van der Waals surface area contributed by atoms with E-state index >= 15 is 0 Å². The quantitative estimate of drug-likeness (QED) is 0.675. The minimum Gasteiger partial charge on any atom is -0.367 e. The Hall–Kier alpha value is -2.42. The Balaban J connectivity index is 1.54. The van der Waals surface area contributed by atoms with Crippen molar-refractivity contribution in [3.8, 4) is 0 Å². The van der Waals surface area contributed by atoms with E-state index < -0.39 is 11.7 Å². The maximum atomic E-state index is 12.8. The van der Waals surface area contributed by atoms with Crippen LogP contribution in [-0.4, -0.2) is 46.0 Å². The Kier molecular flexibility index (Phi) is 6.60. The first kappa shape index (κ1) is 21.8. The third-order valence-corrected chi connectivity index (χ3v) is 6.25. The number of rotatable bonds is 5. The van der Waals surface area contributed by atoms with Gasteiger partial charge in [-0.3, -0.25) is 0 Å². The largest absolute Gasteiger partial charge is 0.417 e. The van der Waals surface area contributed by atoms with Crippen LogP contribution in [0, 0.1) is 0 Å². The van der Waals surface area contributed by atoms with Crippen LogP contribution >= 0.6 is 0 Å². The van der Waals surface area contributed by atoms with Gasteiger partial charge in [-0.25, -0.2) is 9.97 Å². The van der Waals surface area contributed by atoms with Gasteiger partial charge in [-0.15, -0.1) is 0 Å². The van der Waals surface area contributed by atoms with Crippen molar-refractivity contribution in [2.24, 2.45) is 0 Å². The third kappa shape index (κ3) is 5.64. The number of pyridine rings is 1. The van der Waals surface area contributed by atoms with Crippen molar-refractivity contribution in [1.29, 1.82) is 0 Å². The number of hydrogen-bond donors (Lipinski definition) is 2. The summed E-state index contributed by atoms with van der Waals surface area (Å²) >= 11 is 0. The van der Waals surface area contributed by atoms with Crippen molar-refractivity contribution >= 4 is 17.6 Å². The SMILES string of the molecule is CN1CCC(c2cnc(Nc3ccc(C(F)(F)F)cn3)nc2NC2CCCCC2)CC1. The van der Waals surface area contributed by atoms with Crippen molar-refractivity contribution in [2.75, 3.05) is 30.8 Å². The Morgan fingerprint density at radius 3 is 2.35 bits per heavy atom. The lowest BCUT2D eigenvalue weighted by molar-refractivity contribution is -0.137. The normalized spacial score (nSPS) is 19.4. The number of hydrogen-bond acceptors (Lipinski definition) is 6. The summed E-state index contributed by atoms with van der Waals surface area (Å²) in [5.74, 6) is 1.86. The van der Waals surface area contributed by atoms with E-state index in [0.717, 1.165) is 62.4 Å². The van der Waals surface area contributed by atoms with Crippen LogP contribution < -0.4 is 10.6 Å². The van der Waals surface area contributed by atoms with Crippen LogP contribution in [0.25, 0.3) is 0 Å². The lowest BCUT2D eigenvalue weighted by Crippen LogP contribution is -2.30. The fourth-order valence-corrected chi connectivity index (χ4v) is 4.38. The summed E-state index contributed by atoms with van der Waals surface area (Å²) in [6.45, 7) is 2.09. The summed E-state index contributed by atoms with van der Waals surface area (Å²) in [4.78, 5) is 15.4. The van der Waals surface area contributed by atoms with Crippen LogP contribution in [-0.2, 0) is 6.18 Å². The molecule has 2 aromatic heterocycles. The summed E-state index contributed by atoms with van der Waals surface area (Å²) < 4.78 is 38.3. The van der Waals surface area contributed by atoms with Crippen LogP contribution in [0.4, 0.5) is 30.8 Å². The number of nitrogens with zero attached hydrogens (tertiary/aromatic N) is 4. The first-order valence-corrected chi connectivity index (χ1v) is 11.0. The predicted octanol–water partition coefficient (Wildman–Crippen LogP) is 5.19. The number of halogens is 3. The highest BCUT2D eigenvalue weighted by molar-refractivity contribution is 5.54. The average Bonchev–Trinajstić information content (AvgIpc) is 2.75. The van der Waals surface area contributed by atoms with Gasteiger partial charge in [0.15, 0.2) is 0 Å². The van der Waals surface area contributed by atoms with E-state index in [1.807, 2.05) is 6.20 Å². The van der Waals surface area contributed by atoms with E-state index in [0.29, 0.717) is 17.9 Å². The molecule has 3 heterocycles. The van der Waals surface area contributed by atoms with Crippen LogP contribution in [0.2, 0.25) is 0 Å². The van der Waals surface area contributed by atoms with Gasteiger partial charge in [0.25, 0.3) is 0 Å². The molecule has 0 unspecified atom stereocenters. The molecule has 1 aliphatic carbocycles. The van der Waals surface area contributed by atoms with E-state index in [4.69, 9.17) is 4.98 Å². The minimum atomic E-state index is -4.41. The zero-order chi connectivity index (χ0) is 21.8. The fraction of sp³-hybridized carbons (Fsp3) is 0.591. The molecule has 0 radical (unpaired) electrons. The van der Waals surface area contributed by atoms with E-state index in [1.54, 1.807) is 0 Å². The molecule has 0 bridgehead atoms. The molecule has 2 N–H and O–H groups in total. The first-order chi connectivity index (χ1) is 14.9. The molecule has 0 spiro atoms. The maximum Gasteiger partial charge on any atom is 0.417 e. The standard InChI is InChI=1S/C22H29F3N6/c1-31-11-9-15(10-12-31)18-14-27-21(30-20(18)28-17-5-3-2-4-6-17)29-19-8-7-16(13-26-19)22(23,24)25/h7-8,13-15,17H,2-6,9-12H2,1H3,(H2,26,27,28,29,30). The van der Waals surface area contributed by atoms with Crippen LogP contribution in [0.5, 0.6) is 0 Å². The molecule has 1 aliphatic heterocycles. The van der Waals surface area contributed by atoms with Crippen LogP contribution in [0.1, 0.15) is 62.0 Å². The van der Waals surface area contributed by atoms with Crippen molar-refractivity contribution < 1.29 is 13.2 Å². The van der Waals surface area contributed by atoms with Gasteiger partial charge in [-0.2, -0.15) is 18.2 Å². The molecule has 1 saturated heterocycles. The van der Waals surface area contributed by atoms with E-state index in [9.17, 15) is 13.2 Å². The molecule has 2 aromatic rings. The maximum absolute atomic E-state index is 12.8. The van der Waals surface area contributed by atoms with Crippen molar-refractivity contribution in [1.82, 2.24) is 19.9 Å². The van der Waals surface area contributed by atoms with E-state index in [1.165, 1.54) is 25.3 Å². The van der Waals surface area contributed by atoms with Crippen molar-refractivity contribution in [3.63, 3.8) is 0 Å². The van der Waals surface area contributed by atoms with Gasteiger partial charge in [-0.1, -0.05) is 19.3 Å². The second-order valence-corrected chi connectivity index (χ2v) is 8.61. The molecule has 2 fully saturated rings. The smallest absolute Gasteiger partial charge is 0.367 e. The molecule has 1 saturated carbocycles. The van der Waals surface area contributed by atoms with Gasteiger partial charge < -0.3 is 15.5 Å². The molecule has 168 valence electrons. The Bertz CT molecular complexity index is 857. The number of nitrogens with one attached hydrogen (secondary N) is 2. The van der Waals surface area contributed by atoms with Crippen molar-refractivity contribution in [3.05, 3.63) is 35.7 Å². The van der Waals surface area contributed by atoms with Gasteiger partial charge in [-0.05, 0) is 63.9 Å². The summed E-state index contributed by atoms with van der Waals surface area (Å²) in [6.07, 6.45) is 6.35. The molecule has 6 nitrogen and oxygen atoms in total. The zero-order valence-corrected chi connectivity index (χ0v) is 17.8. The number of alkyl halides is 3. The molecule has 4 rings (SSSR count). The summed E-state index contributed by atoms with van der Waals surface area (Å²) in [5, 5.41) is 6.59. The van der Waals surface area contributed by atoms with Crippen molar-refractivity contribution in [2.45, 2.75) is 63.1 Å². The van der Waals surface area contributed by atoms with Crippen LogP contribution in [0.3, 0.4) is 0 Å². The molecular formula is C22H29F3N6. The lowest BCUT2D eigenvalue weighted by atomic mass is 9.90. The fourth-order valence-electron chi connectivity index (χ4n) is 4.38. The highest BCUT2D eigenvalue weighted by Gasteiger charge is 2.30. The van der Waals surface area contributed by atoms with Gasteiger partial charge in [0.05, 0.1) is 5.56 Å². The first-order valence-electron chi connectivity index (χ1n) is 11.0. The molecule has 0 atom stereocenters. The second-order valence-electron chi connectivity index (χ2n) is 8.61. The number of aromatic nitrogens is 3.